The Hall–Kier alpha value is -0.820. The molecule has 1 nitrogen and oxygen atoms in total. The monoisotopic (exact) mass is 150 g/mol. The third-order valence-electron chi connectivity index (χ3n) is 1.40. The van der Waals surface area contributed by atoms with Crippen molar-refractivity contribution in [2.24, 2.45) is 0 Å². The number of quaternary nitrogens is 1. The van der Waals surface area contributed by atoms with Crippen LogP contribution in [0, 0.1) is 0 Å². The smallest absolute Gasteiger partial charge is 0.129 e. The number of para-hydroxylation sites is 1. The van der Waals surface area contributed by atoms with Crippen LogP contribution in [0.5, 0.6) is 0 Å². The molecule has 11 heavy (non-hydrogen) atoms. The summed E-state index contributed by atoms with van der Waals surface area (Å²) in [5.74, 6) is 0. The van der Waals surface area contributed by atoms with Gasteiger partial charge in [0, 0.05) is 0 Å². The van der Waals surface area contributed by atoms with Gasteiger partial charge in [0.2, 0.25) is 0 Å². The summed E-state index contributed by atoms with van der Waals surface area (Å²) in [7, 11) is 0. The summed E-state index contributed by atoms with van der Waals surface area (Å²) >= 11 is 0. The molecule has 1 rings (SSSR count). The van der Waals surface area contributed by atoms with E-state index >= 15 is 0 Å². The molecule has 0 fully saturated rings. The van der Waals surface area contributed by atoms with Gasteiger partial charge in [-0.05, 0) is 32.9 Å². The molecular formula is C10H16N+. The number of rotatable bonds is 1. The first-order valence-corrected chi connectivity index (χ1v) is 3.99. The Morgan fingerprint density at radius 2 is 1.55 bits per heavy atom. The molecule has 0 atom stereocenters. The average Bonchev–Trinajstić information content (AvgIpc) is 1.85. The maximum Gasteiger partial charge on any atom is 0.129 e. The topological polar surface area (TPSA) is 16.6 Å². The quantitative estimate of drug-likeness (QED) is 0.587. The van der Waals surface area contributed by atoms with E-state index in [-0.39, 0.29) is 5.54 Å². The zero-order valence-corrected chi connectivity index (χ0v) is 7.46. The van der Waals surface area contributed by atoms with Gasteiger partial charge in [-0.3, -0.25) is 0 Å². The molecule has 0 saturated carbocycles. The van der Waals surface area contributed by atoms with Crippen molar-refractivity contribution < 1.29 is 5.32 Å². The lowest BCUT2D eigenvalue weighted by Crippen LogP contribution is -2.89. The van der Waals surface area contributed by atoms with Crippen molar-refractivity contribution >= 4 is 5.69 Å². The molecule has 1 heteroatoms. The van der Waals surface area contributed by atoms with Crippen LogP contribution in [0.25, 0.3) is 0 Å². The lowest BCUT2D eigenvalue weighted by atomic mass is 10.1. The van der Waals surface area contributed by atoms with Crippen LogP contribution < -0.4 is 5.32 Å². The Kier molecular flexibility index (Phi) is 2.30. The summed E-state index contributed by atoms with van der Waals surface area (Å²) in [4.78, 5) is 0. The van der Waals surface area contributed by atoms with E-state index in [2.05, 4.69) is 50.4 Å². The molecule has 0 spiro atoms. The van der Waals surface area contributed by atoms with E-state index in [1.807, 2.05) is 6.07 Å². The highest BCUT2D eigenvalue weighted by atomic mass is 14.9. The van der Waals surface area contributed by atoms with E-state index in [4.69, 9.17) is 0 Å². The molecule has 1 aromatic carbocycles. The predicted octanol–water partition coefficient (Wildman–Crippen LogP) is 1.68. The summed E-state index contributed by atoms with van der Waals surface area (Å²) in [6.45, 7) is 6.62. The molecule has 0 amide bonds. The van der Waals surface area contributed by atoms with Crippen molar-refractivity contribution in [3.8, 4) is 0 Å². The van der Waals surface area contributed by atoms with Gasteiger partial charge in [-0.15, -0.1) is 0 Å². The minimum Gasteiger partial charge on any atom is -0.310 e. The maximum absolute atomic E-state index is 2.27. The summed E-state index contributed by atoms with van der Waals surface area (Å²) in [6.07, 6.45) is 0. The van der Waals surface area contributed by atoms with Gasteiger partial charge < -0.3 is 5.32 Å². The highest BCUT2D eigenvalue weighted by Crippen LogP contribution is 2.00. The number of hydrogen-bond donors (Lipinski definition) is 1. The van der Waals surface area contributed by atoms with E-state index < -0.39 is 0 Å². The zero-order chi connectivity index (χ0) is 8.32. The summed E-state index contributed by atoms with van der Waals surface area (Å²) in [5, 5.41) is 2.27. The van der Waals surface area contributed by atoms with Crippen LogP contribution in [-0.4, -0.2) is 5.54 Å². The second kappa shape index (κ2) is 3.05. The standard InChI is InChI=1S/C10H15N/c1-10(2,3)11-9-7-5-4-6-8-9/h4-8,11H,1-3H3/p+1. The Morgan fingerprint density at radius 3 is 2.00 bits per heavy atom. The van der Waals surface area contributed by atoms with E-state index in [1.54, 1.807) is 0 Å². The van der Waals surface area contributed by atoms with Crippen LogP contribution in [0.4, 0.5) is 5.69 Å². The first kappa shape index (κ1) is 8.28. The average molecular weight is 150 g/mol. The Balaban J connectivity index is 2.66. The van der Waals surface area contributed by atoms with Gasteiger partial charge in [0.05, 0.1) is 5.54 Å². The number of hydrogen-bond acceptors (Lipinski definition) is 0. The predicted molar refractivity (Wildman–Crippen MR) is 47.8 cm³/mol. The van der Waals surface area contributed by atoms with Crippen molar-refractivity contribution in [3.05, 3.63) is 30.3 Å². The van der Waals surface area contributed by atoms with Crippen LogP contribution in [0.1, 0.15) is 20.8 Å². The molecule has 0 saturated heterocycles. The fourth-order valence-electron chi connectivity index (χ4n) is 1.05. The van der Waals surface area contributed by atoms with Crippen LogP contribution in [0.15, 0.2) is 30.3 Å². The third kappa shape index (κ3) is 3.19. The van der Waals surface area contributed by atoms with Gasteiger partial charge in [-0.25, -0.2) is 0 Å². The van der Waals surface area contributed by atoms with Crippen LogP contribution >= 0.6 is 0 Å². The molecule has 0 aliphatic rings. The molecular weight excluding hydrogens is 134 g/mol. The molecule has 0 unspecified atom stereocenters. The second-order valence-corrected chi connectivity index (χ2v) is 3.92. The van der Waals surface area contributed by atoms with Crippen molar-refractivity contribution in [1.29, 1.82) is 0 Å². The molecule has 0 bridgehead atoms. The van der Waals surface area contributed by atoms with Crippen LogP contribution in [0.3, 0.4) is 0 Å². The minimum atomic E-state index is 0.279. The van der Waals surface area contributed by atoms with Gasteiger partial charge >= 0.3 is 0 Å². The maximum atomic E-state index is 2.27. The first-order chi connectivity index (χ1) is 5.08. The van der Waals surface area contributed by atoms with Crippen molar-refractivity contribution in [2.45, 2.75) is 26.3 Å². The number of benzene rings is 1. The Bertz CT molecular complexity index is 208. The second-order valence-electron chi connectivity index (χ2n) is 3.92. The van der Waals surface area contributed by atoms with E-state index in [1.165, 1.54) is 5.69 Å². The van der Waals surface area contributed by atoms with Gasteiger partial charge in [0.1, 0.15) is 5.69 Å². The van der Waals surface area contributed by atoms with Crippen molar-refractivity contribution in [2.75, 3.05) is 0 Å². The minimum absolute atomic E-state index is 0.279. The fraction of sp³-hybridized carbons (Fsp3) is 0.400. The third-order valence-corrected chi connectivity index (χ3v) is 1.40. The summed E-state index contributed by atoms with van der Waals surface area (Å²) in [6, 6.07) is 10.4. The lowest BCUT2D eigenvalue weighted by Gasteiger charge is -2.15. The van der Waals surface area contributed by atoms with Crippen LogP contribution in [-0.2, 0) is 0 Å². The van der Waals surface area contributed by atoms with Gasteiger partial charge in [0.15, 0.2) is 0 Å². The molecule has 0 heterocycles. The molecule has 0 aliphatic heterocycles. The molecule has 1 aromatic rings. The SMILES string of the molecule is CC(C)(C)[NH2+]c1ccccc1. The normalized spacial score (nSPS) is 11.5. The first-order valence-electron chi connectivity index (χ1n) is 3.99. The van der Waals surface area contributed by atoms with Gasteiger partial charge in [0.25, 0.3) is 0 Å². The summed E-state index contributed by atoms with van der Waals surface area (Å²) < 4.78 is 0. The van der Waals surface area contributed by atoms with E-state index in [0.29, 0.717) is 0 Å². The molecule has 2 N–H and O–H groups in total. The lowest BCUT2D eigenvalue weighted by molar-refractivity contribution is -0.642. The van der Waals surface area contributed by atoms with Gasteiger partial charge in [-0.2, -0.15) is 0 Å². The molecule has 0 radical (unpaired) electrons. The summed E-state index contributed by atoms with van der Waals surface area (Å²) in [5.41, 5.74) is 1.58. The van der Waals surface area contributed by atoms with Gasteiger partial charge in [-0.1, -0.05) is 18.2 Å². The van der Waals surface area contributed by atoms with E-state index in [0.717, 1.165) is 0 Å². The molecule has 0 aliphatic carbocycles. The fourth-order valence-corrected chi connectivity index (χ4v) is 1.05. The molecule has 0 aromatic heterocycles. The highest BCUT2D eigenvalue weighted by molar-refractivity contribution is 5.27. The largest absolute Gasteiger partial charge is 0.310 e. The van der Waals surface area contributed by atoms with Crippen molar-refractivity contribution in [1.82, 2.24) is 0 Å². The van der Waals surface area contributed by atoms with Crippen molar-refractivity contribution in [3.63, 3.8) is 0 Å². The van der Waals surface area contributed by atoms with E-state index in [9.17, 15) is 0 Å². The Morgan fingerprint density at radius 1 is 1.00 bits per heavy atom. The number of nitrogens with two attached hydrogens (primary N) is 1. The molecule has 60 valence electrons. The highest BCUT2D eigenvalue weighted by Gasteiger charge is 2.13. The zero-order valence-electron chi connectivity index (χ0n) is 7.46. The Labute approximate surface area is 68.4 Å². The van der Waals surface area contributed by atoms with Crippen LogP contribution in [0.2, 0.25) is 0 Å².